The van der Waals surface area contributed by atoms with E-state index < -0.39 is 9.84 Å². The van der Waals surface area contributed by atoms with Crippen molar-refractivity contribution in [2.24, 2.45) is 0 Å². The van der Waals surface area contributed by atoms with Crippen molar-refractivity contribution in [1.29, 1.82) is 0 Å². The Morgan fingerprint density at radius 2 is 1.90 bits per heavy atom. The minimum atomic E-state index is -3.14. The van der Waals surface area contributed by atoms with Gasteiger partial charge in [-0.25, -0.2) is 8.42 Å². The number of hydrogen-bond donors (Lipinski definition) is 1. The predicted molar refractivity (Wildman–Crippen MR) is 119 cm³/mol. The van der Waals surface area contributed by atoms with Gasteiger partial charge in [0.05, 0.1) is 17.1 Å². The number of carbonyl (C=O) groups is 1. The highest BCUT2D eigenvalue weighted by atomic mass is 32.2. The van der Waals surface area contributed by atoms with E-state index in [0.29, 0.717) is 6.54 Å². The molecule has 0 bridgehead atoms. The van der Waals surface area contributed by atoms with Crippen molar-refractivity contribution in [3.8, 4) is 11.3 Å². The van der Waals surface area contributed by atoms with Gasteiger partial charge in [-0.2, -0.15) is 0 Å². The molecule has 0 saturated heterocycles. The third-order valence-electron chi connectivity index (χ3n) is 5.56. The quantitative estimate of drug-likeness (QED) is 0.582. The number of aromatic nitrogens is 2. The number of fused-ring (bicyclic) bond motifs is 1. The standard InChI is InChI=1S/C23H25N3O3S/c1-30(28,29)15-14-26-20-9-5-6-18(16-27)21(20)22(25-19-7-3-2-4-8-19)23(26)17-10-12-24-13-11-17/h2-4,7-8,10-13,16,18,25H,5-6,9,14-15H2,1H3. The molecule has 0 saturated carbocycles. The Bertz CT molecular complexity index is 1140. The van der Waals surface area contributed by atoms with Crippen LogP contribution in [0, 0.1) is 0 Å². The van der Waals surface area contributed by atoms with Gasteiger partial charge in [0.2, 0.25) is 0 Å². The van der Waals surface area contributed by atoms with Gasteiger partial charge in [-0.3, -0.25) is 4.98 Å². The number of para-hydroxylation sites is 1. The number of benzene rings is 1. The summed E-state index contributed by atoms with van der Waals surface area (Å²) in [5, 5.41) is 3.53. The first kappa shape index (κ1) is 20.3. The van der Waals surface area contributed by atoms with Crippen LogP contribution in [-0.4, -0.2) is 36.3 Å². The maximum Gasteiger partial charge on any atom is 0.149 e. The molecule has 1 aromatic carbocycles. The first-order chi connectivity index (χ1) is 14.5. The topological polar surface area (TPSA) is 81.1 Å². The molecule has 0 radical (unpaired) electrons. The first-order valence-corrected chi connectivity index (χ1v) is 12.1. The van der Waals surface area contributed by atoms with E-state index in [1.54, 1.807) is 12.4 Å². The van der Waals surface area contributed by atoms with E-state index in [9.17, 15) is 13.2 Å². The molecule has 7 heteroatoms. The fourth-order valence-electron chi connectivity index (χ4n) is 4.23. The molecular formula is C23H25N3O3S. The molecule has 30 heavy (non-hydrogen) atoms. The minimum absolute atomic E-state index is 0.0444. The van der Waals surface area contributed by atoms with E-state index in [2.05, 4.69) is 14.9 Å². The lowest BCUT2D eigenvalue weighted by atomic mass is 9.86. The fourth-order valence-corrected chi connectivity index (χ4v) is 4.75. The number of aldehydes is 1. The van der Waals surface area contributed by atoms with E-state index in [4.69, 9.17) is 0 Å². The molecule has 0 amide bonds. The van der Waals surface area contributed by atoms with Gasteiger partial charge in [0.1, 0.15) is 16.1 Å². The van der Waals surface area contributed by atoms with Crippen molar-refractivity contribution in [3.05, 3.63) is 66.1 Å². The third-order valence-corrected chi connectivity index (χ3v) is 6.48. The Morgan fingerprint density at radius 1 is 1.17 bits per heavy atom. The maximum atomic E-state index is 12.0. The van der Waals surface area contributed by atoms with E-state index >= 15 is 0 Å². The zero-order chi connectivity index (χ0) is 21.1. The molecule has 1 N–H and O–H groups in total. The minimum Gasteiger partial charge on any atom is -0.354 e. The molecular weight excluding hydrogens is 398 g/mol. The van der Waals surface area contributed by atoms with Crippen LogP contribution in [0.15, 0.2) is 54.9 Å². The monoisotopic (exact) mass is 423 g/mol. The normalized spacial score (nSPS) is 16.1. The first-order valence-electron chi connectivity index (χ1n) is 10.1. The molecule has 1 atom stereocenters. The van der Waals surface area contributed by atoms with Crippen LogP contribution in [0.1, 0.15) is 30.0 Å². The molecule has 1 aliphatic rings. The van der Waals surface area contributed by atoms with Crippen molar-refractivity contribution in [2.75, 3.05) is 17.3 Å². The summed E-state index contributed by atoms with van der Waals surface area (Å²) in [5.74, 6) is -0.164. The predicted octanol–water partition coefficient (Wildman–Crippen LogP) is 3.96. The summed E-state index contributed by atoms with van der Waals surface area (Å²) in [6.07, 6.45) is 8.25. The molecule has 4 rings (SSSR count). The van der Waals surface area contributed by atoms with Gasteiger partial charge >= 0.3 is 0 Å². The van der Waals surface area contributed by atoms with Gasteiger partial charge in [-0.1, -0.05) is 18.2 Å². The van der Waals surface area contributed by atoms with E-state index in [1.807, 2.05) is 42.5 Å². The summed E-state index contributed by atoms with van der Waals surface area (Å²) in [6, 6.07) is 13.7. The lowest BCUT2D eigenvalue weighted by Crippen LogP contribution is -2.17. The zero-order valence-corrected chi connectivity index (χ0v) is 17.7. The highest BCUT2D eigenvalue weighted by molar-refractivity contribution is 7.90. The van der Waals surface area contributed by atoms with Crippen molar-refractivity contribution in [1.82, 2.24) is 9.55 Å². The number of sulfone groups is 1. The number of carbonyl (C=O) groups excluding carboxylic acids is 1. The molecule has 6 nitrogen and oxygen atoms in total. The second-order valence-corrected chi connectivity index (χ2v) is 9.99. The van der Waals surface area contributed by atoms with Crippen molar-refractivity contribution in [2.45, 2.75) is 31.7 Å². The van der Waals surface area contributed by atoms with Crippen LogP contribution >= 0.6 is 0 Å². The van der Waals surface area contributed by atoms with E-state index in [0.717, 1.165) is 59.4 Å². The highest BCUT2D eigenvalue weighted by Gasteiger charge is 2.31. The summed E-state index contributed by atoms with van der Waals surface area (Å²) in [7, 11) is -3.14. The van der Waals surface area contributed by atoms with Crippen LogP contribution in [0.5, 0.6) is 0 Å². The molecule has 1 unspecified atom stereocenters. The molecule has 0 spiro atoms. The number of rotatable bonds is 7. The number of nitrogens with one attached hydrogen (secondary N) is 1. The van der Waals surface area contributed by atoms with Gasteiger partial charge < -0.3 is 14.7 Å². The van der Waals surface area contributed by atoms with Crippen LogP contribution in [0.4, 0.5) is 11.4 Å². The molecule has 0 aliphatic heterocycles. The zero-order valence-electron chi connectivity index (χ0n) is 16.9. The molecule has 3 aromatic rings. The Balaban J connectivity index is 1.95. The summed E-state index contributed by atoms with van der Waals surface area (Å²) >= 11 is 0. The van der Waals surface area contributed by atoms with Crippen LogP contribution in [0.3, 0.4) is 0 Å². The van der Waals surface area contributed by atoms with Crippen LogP contribution in [0.25, 0.3) is 11.3 Å². The third kappa shape index (κ3) is 4.16. The lowest BCUT2D eigenvalue weighted by molar-refractivity contribution is -0.109. The maximum absolute atomic E-state index is 12.0. The largest absolute Gasteiger partial charge is 0.354 e. The molecule has 2 aromatic heterocycles. The summed E-state index contributed by atoms with van der Waals surface area (Å²) in [5.41, 5.74) is 5.69. The van der Waals surface area contributed by atoms with Gasteiger partial charge in [-0.05, 0) is 43.5 Å². The van der Waals surface area contributed by atoms with Gasteiger partial charge in [-0.15, -0.1) is 0 Å². The van der Waals surface area contributed by atoms with Gasteiger partial charge in [0.25, 0.3) is 0 Å². The van der Waals surface area contributed by atoms with Gasteiger partial charge in [0.15, 0.2) is 0 Å². The Kier molecular flexibility index (Phi) is 5.72. The number of pyridine rings is 1. The van der Waals surface area contributed by atoms with Crippen molar-refractivity contribution >= 4 is 27.5 Å². The summed E-state index contributed by atoms with van der Waals surface area (Å²) in [4.78, 5) is 16.1. The number of hydrogen-bond acceptors (Lipinski definition) is 5. The summed E-state index contributed by atoms with van der Waals surface area (Å²) < 4.78 is 26.0. The average molecular weight is 424 g/mol. The van der Waals surface area contributed by atoms with Crippen LogP contribution in [0.2, 0.25) is 0 Å². The number of anilines is 2. The van der Waals surface area contributed by atoms with E-state index in [1.165, 1.54) is 6.26 Å². The fraction of sp³-hybridized carbons (Fsp3) is 0.304. The highest BCUT2D eigenvalue weighted by Crippen LogP contribution is 2.45. The second-order valence-electron chi connectivity index (χ2n) is 7.73. The summed E-state index contributed by atoms with van der Waals surface area (Å²) in [6.45, 7) is 0.348. The smallest absolute Gasteiger partial charge is 0.149 e. The lowest BCUT2D eigenvalue weighted by Gasteiger charge is -2.21. The Hall–Kier alpha value is -2.93. The molecule has 1 aliphatic carbocycles. The second kappa shape index (κ2) is 8.44. The number of nitrogens with zero attached hydrogens (tertiary/aromatic N) is 2. The van der Waals surface area contributed by atoms with Crippen molar-refractivity contribution < 1.29 is 13.2 Å². The molecule has 2 heterocycles. The molecule has 156 valence electrons. The average Bonchev–Trinajstić information content (AvgIpc) is 3.06. The van der Waals surface area contributed by atoms with Crippen molar-refractivity contribution in [3.63, 3.8) is 0 Å². The SMILES string of the molecule is CS(=O)(=O)CCn1c2c(c(Nc3ccccc3)c1-c1ccncc1)C(C=O)CCC2. The van der Waals surface area contributed by atoms with E-state index in [-0.39, 0.29) is 11.7 Å². The molecule has 0 fully saturated rings. The van der Waals surface area contributed by atoms with Gasteiger partial charge in [0, 0.05) is 53.6 Å². The Labute approximate surface area is 176 Å². The van der Waals surface area contributed by atoms with Crippen LogP contribution < -0.4 is 5.32 Å². The Morgan fingerprint density at radius 3 is 2.57 bits per heavy atom. The van der Waals surface area contributed by atoms with Crippen LogP contribution in [-0.2, 0) is 27.6 Å².